The van der Waals surface area contributed by atoms with Crippen molar-refractivity contribution in [3.63, 3.8) is 0 Å². The number of hydrogen-bond donors (Lipinski definition) is 1. The van der Waals surface area contributed by atoms with Gasteiger partial charge in [0.15, 0.2) is 0 Å². The van der Waals surface area contributed by atoms with Gasteiger partial charge in [-0.2, -0.15) is 0 Å². The number of carbonyl (C=O) groups is 3. The molecule has 38 heavy (non-hydrogen) atoms. The summed E-state index contributed by atoms with van der Waals surface area (Å²) < 4.78 is 10.8. The molecule has 1 N–H and O–H groups in total. The van der Waals surface area contributed by atoms with E-state index in [-0.39, 0.29) is 17.5 Å². The van der Waals surface area contributed by atoms with E-state index in [1.165, 1.54) is 0 Å². The Labute approximate surface area is 224 Å². The number of hydrogen-bond acceptors (Lipinski definition) is 5. The van der Waals surface area contributed by atoms with E-state index >= 15 is 0 Å². The third-order valence-electron chi connectivity index (χ3n) is 6.82. The number of ether oxygens (including phenoxy) is 2. The molecular weight excluding hydrogens is 480 g/mol. The van der Waals surface area contributed by atoms with E-state index in [0.29, 0.717) is 35.8 Å². The molecule has 1 atom stereocenters. The highest BCUT2D eigenvalue weighted by Crippen LogP contribution is 2.35. The molecule has 0 heterocycles. The summed E-state index contributed by atoms with van der Waals surface area (Å²) in [6.45, 7) is 8.42. The minimum atomic E-state index is -0.943. The Balaban J connectivity index is 1.76. The van der Waals surface area contributed by atoms with Gasteiger partial charge < -0.3 is 14.6 Å². The minimum Gasteiger partial charge on any atom is -0.478 e. The van der Waals surface area contributed by atoms with Crippen LogP contribution in [0, 0.1) is 5.92 Å². The van der Waals surface area contributed by atoms with Crippen molar-refractivity contribution in [1.29, 1.82) is 0 Å². The summed E-state index contributed by atoms with van der Waals surface area (Å²) in [5, 5.41) is 9.55. The molecule has 6 heteroatoms. The van der Waals surface area contributed by atoms with E-state index < -0.39 is 11.9 Å². The molecule has 3 aromatic carbocycles. The summed E-state index contributed by atoms with van der Waals surface area (Å²) in [6.07, 6.45) is 4.19. The van der Waals surface area contributed by atoms with Gasteiger partial charge in [-0.25, -0.2) is 9.59 Å². The van der Waals surface area contributed by atoms with Crippen molar-refractivity contribution in [3.05, 3.63) is 83.4 Å². The number of carboxylic acid groups (broad SMARTS) is 1. The van der Waals surface area contributed by atoms with Gasteiger partial charge in [0.1, 0.15) is 11.5 Å². The van der Waals surface area contributed by atoms with Gasteiger partial charge in [-0.15, -0.1) is 0 Å². The smallest absolute Gasteiger partial charge is 0.343 e. The standard InChI is InChI=1S/C32H36O6/c1-5-8-30(33)37-26-16-11-24(12-17-26)32(36)38-27-14-9-23(10-15-27)28-18-13-25(31(34)35)20-29(28)21(4)19-22(6-2)7-3/h9-18,20-22H,5-8,19H2,1-4H3,(H,34,35)/t21-/m1/s1. The van der Waals surface area contributed by atoms with Gasteiger partial charge in [0.05, 0.1) is 11.1 Å². The van der Waals surface area contributed by atoms with E-state index in [0.717, 1.165) is 36.0 Å². The Morgan fingerprint density at radius 1 is 0.789 bits per heavy atom. The molecule has 0 aliphatic rings. The first-order valence-corrected chi connectivity index (χ1v) is 13.3. The van der Waals surface area contributed by atoms with E-state index in [9.17, 15) is 19.5 Å². The lowest BCUT2D eigenvalue weighted by Crippen LogP contribution is -2.09. The van der Waals surface area contributed by atoms with Crippen LogP contribution in [0.15, 0.2) is 66.7 Å². The van der Waals surface area contributed by atoms with E-state index in [2.05, 4.69) is 20.8 Å². The fraction of sp³-hybridized carbons (Fsp3) is 0.344. The molecule has 0 radical (unpaired) electrons. The summed E-state index contributed by atoms with van der Waals surface area (Å²) in [4.78, 5) is 35.9. The van der Waals surface area contributed by atoms with Crippen molar-refractivity contribution in [2.45, 2.75) is 65.7 Å². The maximum Gasteiger partial charge on any atom is 0.343 e. The average molecular weight is 517 g/mol. The van der Waals surface area contributed by atoms with Crippen LogP contribution in [-0.2, 0) is 4.79 Å². The number of carbonyl (C=O) groups excluding carboxylic acids is 2. The number of benzene rings is 3. The van der Waals surface area contributed by atoms with E-state index in [1.807, 2.05) is 25.1 Å². The summed E-state index contributed by atoms with van der Waals surface area (Å²) in [6, 6.07) is 18.7. The Bertz CT molecular complexity index is 1240. The largest absolute Gasteiger partial charge is 0.478 e. The van der Waals surface area contributed by atoms with Crippen LogP contribution in [-0.4, -0.2) is 23.0 Å². The van der Waals surface area contributed by atoms with Crippen LogP contribution in [0.1, 0.15) is 92.0 Å². The van der Waals surface area contributed by atoms with Crippen LogP contribution >= 0.6 is 0 Å². The van der Waals surface area contributed by atoms with Gasteiger partial charge in [0, 0.05) is 6.42 Å². The average Bonchev–Trinajstić information content (AvgIpc) is 2.92. The van der Waals surface area contributed by atoms with E-state index in [1.54, 1.807) is 48.5 Å². The first-order valence-electron chi connectivity index (χ1n) is 13.3. The highest BCUT2D eigenvalue weighted by molar-refractivity contribution is 5.91. The molecule has 3 rings (SSSR count). The molecule has 0 aliphatic carbocycles. The maximum absolute atomic E-state index is 12.6. The summed E-state index contributed by atoms with van der Waals surface area (Å²) >= 11 is 0. The van der Waals surface area contributed by atoms with Crippen molar-refractivity contribution in [1.82, 2.24) is 0 Å². The normalized spacial score (nSPS) is 11.7. The molecule has 0 saturated carbocycles. The van der Waals surface area contributed by atoms with Gasteiger partial charge in [-0.05, 0) is 89.9 Å². The lowest BCUT2D eigenvalue weighted by molar-refractivity contribution is -0.134. The van der Waals surface area contributed by atoms with Gasteiger partial charge in [-0.1, -0.05) is 58.7 Å². The topological polar surface area (TPSA) is 89.9 Å². The molecular formula is C32H36O6. The second-order valence-electron chi connectivity index (χ2n) is 9.59. The molecule has 0 amide bonds. The molecule has 3 aromatic rings. The van der Waals surface area contributed by atoms with Crippen molar-refractivity contribution in [3.8, 4) is 22.6 Å². The quantitative estimate of drug-likeness (QED) is 0.194. The molecule has 200 valence electrons. The fourth-order valence-corrected chi connectivity index (χ4v) is 4.53. The minimum absolute atomic E-state index is 0.191. The van der Waals surface area contributed by atoms with Crippen molar-refractivity contribution < 1.29 is 29.0 Å². The molecule has 6 nitrogen and oxygen atoms in total. The summed E-state index contributed by atoms with van der Waals surface area (Å²) in [7, 11) is 0. The van der Waals surface area contributed by atoms with Crippen LogP contribution < -0.4 is 9.47 Å². The van der Waals surface area contributed by atoms with Gasteiger partial charge in [0.2, 0.25) is 0 Å². The second-order valence-corrected chi connectivity index (χ2v) is 9.59. The molecule has 0 aromatic heterocycles. The molecule has 0 unspecified atom stereocenters. The Morgan fingerprint density at radius 3 is 1.95 bits per heavy atom. The first kappa shape index (κ1) is 28.6. The van der Waals surface area contributed by atoms with Crippen LogP contribution in [0.5, 0.6) is 11.5 Å². The molecule has 0 saturated heterocycles. The van der Waals surface area contributed by atoms with Crippen LogP contribution in [0.25, 0.3) is 11.1 Å². The van der Waals surface area contributed by atoms with Crippen LogP contribution in [0.4, 0.5) is 0 Å². The molecule has 0 fully saturated rings. The predicted octanol–water partition coefficient (Wildman–Crippen LogP) is 7.91. The molecule has 0 spiro atoms. The lowest BCUT2D eigenvalue weighted by Gasteiger charge is -2.22. The second kappa shape index (κ2) is 13.6. The zero-order valence-corrected chi connectivity index (χ0v) is 22.5. The number of esters is 2. The zero-order valence-electron chi connectivity index (χ0n) is 22.5. The van der Waals surface area contributed by atoms with Crippen LogP contribution in [0.2, 0.25) is 0 Å². The van der Waals surface area contributed by atoms with Gasteiger partial charge in [0.25, 0.3) is 0 Å². The highest BCUT2D eigenvalue weighted by atomic mass is 16.5. The van der Waals surface area contributed by atoms with Gasteiger partial charge >= 0.3 is 17.9 Å². The SMILES string of the molecule is CCCC(=O)Oc1ccc(C(=O)Oc2ccc(-c3ccc(C(=O)O)cc3[C@H](C)CC(CC)CC)cc2)cc1. The Hall–Kier alpha value is -3.93. The summed E-state index contributed by atoms with van der Waals surface area (Å²) in [5.41, 5.74) is 3.51. The Morgan fingerprint density at radius 2 is 1.37 bits per heavy atom. The van der Waals surface area contributed by atoms with Crippen molar-refractivity contribution in [2.75, 3.05) is 0 Å². The number of rotatable bonds is 12. The Kier molecular flexibility index (Phi) is 10.2. The maximum atomic E-state index is 12.6. The zero-order chi connectivity index (χ0) is 27.7. The van der Waals surface area contributed by atoms with Crippen molar-refractivity contribution in [2.24, 2.45) is 5.92 Å². The highest BCUT2D eigenvalue weighted by Gasteiger charge is 2.18. The predicted molar refractivity (Wildman–Crippen MR) is 148 cm³/mol. The lowest BCUT2D eigenvalue weighted by atomic mass is 9.83. The monoisotopic (exact) mass is 516 g/mol. The third-order valence-corrected chi connectivity index (χ3v) is 6.82. The van der Waals surface area contributed by atoms with Gasteiger partial charge in [-0.3, -0.25) is 4.79 Å². The first-order chi connectivity index (χ1) is 18.2. The summed E-state index contributed by atoms with van der Waals surface area (Å²) in [5.74, 6) is -0.231. The number of carboxylic acids is 1. The van der Waals surface area contributed by atoms with E-state index in [4.69, 9.17) is 9.47 Å². The fourth-order valence-electron chi connectivity index (χ4n) is 4.53. The molecule has 0 aliphatic heterocycles. The third kappa shape index (κ3) is 7.54. The van der Waals surface area contributed by atoms with Crippen molar-refractivity contribution >= 4 is 17.9 Å². The van der Waals surface area contributed by atoms with Crippen LogP contribution in [0.3, 0.4) is 0 Å². The number of aromatic carboxylic acids is 1. The molecule has 0 bridgehead atoms.